The van der Waals surface area contributed by atoms with Crippen molar-refractivity contribution < 1.29 is 8.81 Å². The molecule has 1 aromatic carbocycles. The summed E-state index contributed by atoms with van der Waals surface area (Å²) < 4.78 is 19.5. The largest absolute Gasteiger partial charge is 0.452 e. The van der Waals surface area contributed by atoms with Crippen molar-refractivity contribution in [1.82, 2.24) is 5.32 Å². The van der Waals surface area contributed by atoms with Crippen LogP contribution in [-0.2, 0) is 0 Å². The molecule has 1 N–H and O–H groups in total. The SMILES string of the molecule is CNC(c1cc(C)cc(F)c1)c1ccc(Br)o1. The van der Waals surface area contributed by atoms with Crippen LogP contribution in [-0.4, -0.2) is 7.05 Å². The minimum absolute atomic E-state index is 0.143. The molecule has 1 unspecified atom stereocenters. The Morgan fingerprint density at radius 2 is 2.06 bits per heavy atom. The van der Waals surface area contributed by atoms with Gasteiger partial charge < -0.3 is 9.73 Å². The number of rotatable bonds is 3. The molecule has 0 amide bonds. The summed E-state index contributed by atoms with van der Waals surface area (Å²) >= 11 is 3.26. The second kappa shape index (κ2) is 5.02. The zero-order chi connectivity index (χ0) is 12.4. The van der Waals surface area contributed by atoms with Gasteiger partial charge in [-0.05, 0) is 65.3 Å². The van der Waals surface area contributed by atoms with Crippen molar-refractivity contribution in [3.8, 4) is 0 Å². The van der Waals surface area contributed by atoms with E-state index in [0.29, 0.717) is 4.67 Å². The Hall–Kier alpha value is -1.13. The minimum atomic E-state index is -0.231. The van der Waals surface area contributed by atoms with Crippen molar-refractivity contribution in [2.24, 2.45) is 0 Å². The van der Waals surface area contributed by atoms with Crippen LogP contribution < -0.4 is 5.32 Å². The van der Waals surface area contributed by atoms with Crippen molar-refractivity contribution in [3.63, 3.8) is 0 Å². The first-order valence-corrected chi connectivity index (χ1v) is 6.09. The molecule has 0 radical (unpaired) electrons. The Balaban J connectivity index is 2.41. The monoisotopic (exact) mass is 297 g/mol. The van der Waals surface area contributed by atoms with Gasteiger partial charge >= 0.3 is 0 Å². The highest BCUT2D eigenvalue weighted by atomic mass is 79.9. The summed E-state index contributed by atoms with van der Waals surface area (Å²) in [5, 5.41) is 3.12. The molecule has 0 spiro atoms. The molecule has 0 saturated heterocycles. The predicted molar refractivity (Wildman–Crippen MR) is 68.4 cm³/mol. The van der Waals surface area contributed by atoms with Crippen LogP contribution in [0.5, 0.6) is 0 Å². The lowest BCUT2D eigenvalue weighted by Gasteiger charge is -2.14. The van der Waals surface area contributed by atoms with Crippen LogP contribution >= 0.6 is 15.9 Å². The van der Waals surface area contributed by atoms with E-state index in [1.54, 1.807) is 0 Å². The normalized spacial score (nSPS) is 12.7. The average molecular weight is 298 g/mol. The summed E-state index contributed by atoms with van der Waals surface area (Å²) in [6.45, 7) is 1.87. The predicted octanol–water partition coefficient (Wildman–Crippen LogP) is 3.80. The second-order valence-electron chi connectivity index (χ2n) is 3.93. The quantitative estimate of drug-likeness (QED) is 0.932. The lowest BCUT2D eigenvalue weighted by Crippen LogP contribution is -2.17. The zero-order valence-corrected chi connectivity index (χ0v) is 11.2. The highest BCUT2D eigenvalue weighted by Crippen LogP contribution is 2.26. The van der Waals surface area contributed by atoms with Gasteiger partial charge in [-0.1, -0.05) is 6.07 Å². The van der Waals surface area contributed by atoms with Gasteiger partial charge in [0, 0.05) is 0 Å². The fraction of sp³-hybridized carbons (Fsp3) is 0.231. The van der Waals surface area contributed by atoms with Gasteiger partial charge in [-0.3, -0.25) is 0 Å². The standard InChI is InChI=1S/C13H13BrFNO/c1-8-5-9(7-10(15)6-8)13(16-2)11-3-4-12(14)17-11/h3-7,13,16H,1-2H3. The molecule has 0 aliphatic heterocycles. The summed E-state index contributed by atoms with van der Waals surface area (Å²) in [6, 6.07) is 8.52. The number of aryl methyl sites for hydroxylation is 1. The summed E-state index contributed by atoms with van der Waals surface area (Å²) in [5.74, 6) is 0.523. The lowest BCUT2D eigenvalue weighted by atomic mass is 10.0. The fourth-order valence-corrected chi connectivity index (χ4v) is 2.21. The Bertz CT molecular complexity index is 504. The summed E-state index contributed by atoms with van der Waals surface area (Å²) in [6.07, 6.45) is 0. The van der Waals surface area contributed by atoms with Crippen molar-refractivity contribution in [3.05, 3.63) is 57.7 Å². The molecule has 90 valence electrons. The van der Waals surface area contributed by atoms with E-state index in [1.807, 2.05) is 32.2 Å². The van der Waals surface area contributed by atoms with E-state index >= 15 is 0 Å². The van der Waals surface area contributed by atoms with Crippen LogP contribution in [0.15, 0.2) is 39.4 Å². The third-order valence-electron chi connectivity index (χ3n) is 2.56. The summed E-state index contributed by atoms with van der Waals surface area (Å²) in [7, 11) is 1.82. The van der Waals surface area contributed by atoms with Gasteiger partial charge in [-0.25, -0.2) is 4.39 Å². The third-order valence-corrected chi connectivity index (χ3v) is 2.99. The van der Waals surface area contributed by atoms with E-state index in [1.165, 1.54) is 12.1 Å². The molecule has 0 fully saturated rings. The Morgan fingerprint density at radius 1 is 1.29 bits per heavy atom. The first-order chi connectivity index (χ1) is 8.10. The van der Waals surface area contributed by atoms with Crippen molar-refractivity contribution in [2.45, 2.75) is 13.0 Å². The first-order valence-electron chi connectivity index (χ1n) is 5.29. The molecule has 1 heterocycles. The van der Waals surface area contributed by atoms with Gasteiger partial charge in [0.15, 0.2) is 4.67 Å². The molecular weight excluding hydrogens is 285 g/mol. The fourth-order valence-electron chi connectivity index (χ4n) is 1.89. The maximum Gasteiger partial charge on any atom is 0.169 e. The van der Waals surface area contributed by atoms with Crippen LogP contribution in [0.4, 0.5) is 4.39 Å². The molecule has 2 rings (SSSR count). The molecule has 1 atom stereocenters. The highest BCUT2D eigenvalue weighted by Gasteiger charge is 2.16. The molecule has 0 saturated carbocycles. The highest BCUT2D eigenvalue weighted by molar-refractivity contribution is 9.10. The van der Waals surface area contributed by atoms with Crippen LogP contribution in [0.25, 0.3) is 0 Å². The van der Waals surface area contributed by atoms with E-state index in [2.05, 4.69) is 21.2 Å². The Kier molecular flexibility index (Phi) is 3.64. The molecule has 2 aromatic rings. The van der Waals surface area contributed by atoms with Crippen molar-refractivity contribution in [1.29, 1.82) is 0 Å². The van der Waals surface area contributed by atoms with Crippen LogP contribution in [0.3, 0.4) is 0 Å². The molecular formula is C13H13BrFNO. The Labute approximate surface area is 108 Å². The lowest BCUT2D eigenvalue weighted by molar-refractivity contribution is 0.446. The molecule has 17 heavy (non-hydrogen) atoms. The Morgan fingerprint density at radius 3 is 2.59 bits per heavy atom. The number of nitrogens with one attached hydrogen (secondary N) is 1. The molecule has 4 heteroatoms. The van der Waals surface area contributed by atoms with E-state index in [9.17, 15) is 4.39 Å². The minimum Gasteiger partial charge on any atom is -0.452 e. The topological polar surface area (TPSA) is 25.2 Å². The number of benzene rings is 1. The van der Waals surface area contributed by atoms with Crippen LogP contribution in [0, 0.1) is 12.7 Å². The van der Waals surface area contributed by atoms with Gasteiger partial charge in [0.05, 0.1) is 6.04 Å². The first kappa shape index (κ1) is 12.3. The number of furan rings is 1. The van der Waals surface area contributed by atoms with E-state index in [4.69, 9.17) is 4.42 Å². The molecule has 0 bridgehead atoms. The summed E-state index contributed by atoms with van der Waals surface area (Å²) in [5.41, 5.74) is 1.75. The van der Waals surface area contributed by atoms with E-state index in [0.717, 1.165) is 16.9 Å². The van der Waals surface area contributed by atoms with Crippen molar-refractivity contribution in [2.75, 3.05) is 7.05 Å². The molecule has 2 nitrogen and oxygen atoms in total. The van der Waals surface area contributed by atoms with Gasteiger partial charge in [0.2, 0.25) is 0 Å². The maximum absolute atomic E-state index is 13.4. The van der Waals surface area contributed by atoms with E-state index < -0.39 is 0 Å². The molecule has 1 aromatic heterocycles. The zero-order valence-electron chi connectivity index (χ0n) is 9.63. The summed E-state index contributed by atoms with van der Waals surface area (Å²) in [4.78, 5) is 0. The van der Waals surface area contributed by atoms with Crippen LogP contribution in [0.1, 0.15) is 22.9 Å². The second-order valence-corrected chi connectivity index (χ2v) is 4.71. The molecule has 0 aliphatic rings. The average Bonchev–Trinajstić information content (AvgIpc) is 2.64. The number of hydrogen-bond acceptors (Lipinski definition) is 2. The molecule has 0 aliphatic carbocycles. The smallest absolute Gasteiger partial charge is 0.169 e. The number of hydrogen-bond donors (Lipinski definition) is 1. The number of halogens is 2. The van der Waals surface area contributed by atoms with Gasteiger partial charge in [-0.15, -0.1) is 0 Å². The van der Waals surface area contributed by atoms with E-state index in [-0.39, 0.29) is 11.9 Å². The van der Waals surface area contributed by atoms with Gasteiger partial charge in [-0.2, -0.15) is 0 Å². The maximum atomic E-state index is 13.4. The van der Waals surface area contributed by atoms with Crippen LogP contribution in [0.2, 0.25) is 0 Å². The van der Waals surface area contributed by atoms with Gasteiger partial charge in [0.25, 0.3) is 0 Å². The van der Waals surface area contributed by atoms with Crippen molar-refractivity contribution >= 4 is 15.9 Å². The van der Waals surface area contributed by atoms with Gasteiger partial charge in [0.1, 0.15) is 11.6 Å². The third kappa shape index (κ3) is 2.76.